The molecular weight excluding hydrogens is 346 g/mol. The van der Waals surface area contributed by atoms with Gasteiger partial charge in [-0.1, -0.05) is 18.2 Å². The minimum Gasteiger partial charge on any atom is -0.493 e. The molecule has 0 saturated carbocycles. The van der Waals surface area contributed by atoms with E-state index >= 15 is 0 Å². The largest absolute Gasteiger partial charge is 0.493 e. The predicted molar refractivity (Wildman–Crippen MR) is 102 cm³/mol. The Labute approximate surface area is 157 Å². The number of hydrogen-bond donors (Lipinski definition) is 2. The molecule has 0 atom stereocenters. The van der Waals surface area contributed by atoms with Crippen molar-refractivity contribution in [3.8, 4) is 28.5 Å². The molecule has 0 aliphatic rings. The van der Waals surface area contributed by atoms with Crippen LogP contribution in [0.1, 0.15) is 5.69 Å². The number of aromatic amines is 1. The number of aromatic nitrogens is 2. The number of hydrogen-bond acceptors (Lipinski definition) is 5. The molecule has 7 heteroatoms. The van der Waals surface area contributed by atoms with Crippen molar-refractivity contribution < 1.29 is 19.0 Å². The number of nitrogens with one attached hydrogen (secondary N) is 2. The maximum atomic E-state index is 12.3. The monoisotopic (exact) mass is 367 g/mol. The van der Waals surface area contributed by atoms with Gasteiger partial charge in [0.15, 0.2) is 18.1 Å². The van der Waals surface area contributed by atoms with E-state index in [1.165, 1.54) is 0 Å². The lowest BCUT2D eigenvalue weighted by atomic mass is 10.1. The fraction of sp³-hybridized carbons (Fsp3) is 0.200. The summed E-state index contributed by atoms with van der Waals surface area (Å²) in [4.78, 5) is 12.3. The van der Waals surface area contributed by atoms with Crippen LogP contribution in [0, 0.1) is 6.92 Å². The van der Waals surface area contributed by atoms with Gasteiger partial charge in [0, 0.05) is 5.56 Å². The van der Waals surface area contributed by atoms with E-state index in [1.54, 1.807) is 32.4 Å². The number of para-hydroxylation sites is 1. The Kier molecular flexibility index (Phi) is 5.61. The zero-order valence-electron chi connectivity index (χ0n) is 15.4. The number of aryl methyl sites for hydroxylation is 1. The van der Waals surface area contributed by atoms with E-state index in [0.29, 0.717) is 28.6 Å². The Morgan fingerprint density at radius 2 is 1.81 bits per heavy atom. The van der Waals surface area contributed by atoms with Gasteiger partial charge in [0.2, 0.25) is 0 Å². The summed E-state index contributed by atoms with van der Waals surface area (Å²) in [5, 5.41) is 10.1. The average Bonchev–Trinajstić information content (AvgIpc) is 3.07. The standard InChI is InChI=1S/C20H21N3O4/c1-13-19(21-18(24)12-27-15-7-5-4-6-8-15)20(23-22-13)14-9-10-16(25-2)17(11-14)26-3/h4-11H,12H2,1-3H3,(H,21,24)(H,22,23). The number of carbonyl (C=O) groups is 1. The third-order valence-corrected chi connectivity index (χ3v) is 3.98. The number of ether oxygens (including phenoxy) is 3. The zero-order chi connectivity index (χ0) is 19.2. The molecule has 0 aliphatic heterocycles. The third kappa shape index (κ3) is 4.20. The highest BCUT2D eigenvalue weighted by atomic mass is 16.5. The lowest BCUT2D eigenvalue weighted by molar-refractivity contribution is -0.118. The number of H-pyrrole nitrogens is 1. The van der Waals surface area contributed by atoms with Crippen molar-refractivity contribution in [2.45, 2.75) is 6.92 Å². The maximum absolute atomic E-state index is 12.3. The first-order valence-corrected chi connectivity index (χ1v) is 8.37. The molecule has 140 valence electrons. The molecule has 0 saturated heterocycles. The molecule has 0 fully saturated rings. The summed E-state index contributed by atoms with van der Waals surface area (Å²) in [6, 6.07) is 14.6. The molecule has 1 amide bonds. The van der Waals surface area contributed by atoms with Crippen LogP contribution in [0.4, 0.5) is 5.69 Å². The van der Waals surface area contributed by atoms with Gasteiger partial charge in [-0.25, -0.2) is 0 Å². The Balaban J connectivity index is 1.77. The van der Waals surface area contributed by atoms with Gasteiger partial charge in [0.1, 0.15) is 11.4 Å². The van der Waals surface area contributed by atoms with Crippen LogP contribution in [-0.2, 0) is 4.79 Å². The van der Waals surface area contributed by atoms with Gasteiger partial charge in [-0.2, -0.15) is 5.10 Å². The van der Waals surface area contributed by atoms with Crippen LogP contribution in [0.2, 0.25) is 0 Å². The van der Waals surface area contributed by atoms with E-state index in [-0.39, 0.29) is 12.5 Å². The van der Waals surface area contributed by atoms with Gasteiger partial charge in [0.05, 0.1) is 25.6 Å². The van der Waals surface area contributed by atoms with Crippen LogP contribution in [-0.4, -0.2) is 36.9 Å². The molecule has 7 nitrogen and oxygen atoms in total. The highest BCUT2D eigenvalue weighted by Gasteiger charge is 2.17. The molecule has 3 aromatic rings. The summed E-state index contributed by atoms with van der Waals surface area (Å²) >= 11 is 0. The van der Waals surface area contributed by atoms with E-state index < -0.39 is 0 Å². The van der Waals surface area contributed by atoms with Gasteiger partial charge in [-0.3, -0.25) is 9.89 Å². The van der Waals surface area contributed by atoms with Crippen LogP contribution in [0.3, 0.4) is 0 Å². The normalized spacial score (nSPS) is 10.3. The summed E-state index contributed by atoms with van der Waals surface area (Å²) in [5.41, 5.74) is 2.74. The first-order valence-electron chi connectivity index (χ1n) is 8.37. The molecular formula is C20H21N3O4. The van der Waals surface area contributed by atoms with E-state index in [1.807, 2.05) is 37.3 Å². The predicted octanol–water partition coefficient (Wildman–Crippen LogP) is 3.42. The maximum Gasteiger partial charge on any atom is 0.262 e. The number of nitrogens with zero attached hydrogens (tertiary/aromatic N) is 1. The molecule has 1 heterocycles. The minimum atomic E-state index is -0.273. The van der Waals surface area contributed by atoms with Gasteiger partial charge in [-0.05, 0) is 37.3 Å². The number of carbonyl (C=O) groups excluding carboxylic acids is 1. The van der Waals surface area contributed by atoms with Crippen molar-refractivity contribution in [3.63, 3.8) is 0 Å². The Hall–Kier alpha value is -3.48. The van der Waals surface area contributed by atoms with E-state index in [2.05, 4.69) is 15.5 Å². The van der Waals surface area contributed by atoms with Gasteiger partial charge in [0.25, 0.3) is 5.91 Å². The van der Waals surface area contributed by atoms with Gasteiger partial charge in [-0.15, -0.1) is 0 Å². The zero-order valence-corrected chi connectivity index (χ0v) is 15.4. The first-order chi connectivity index (χ1) is 13.1. The van der Waals surface area contributed by atoms with E-state index in [0.717, 1.165) is 11.3 Å². The van der Waals surface area contributed by atoms with Crippen molar-refractivity contribution >= 4 is 11.6 Å². The van der Waals surface area contributed by atoms with E-state index in [9.17, 15) is 4.79 Å². The van der Waals surface area contributed by atoms with Crippen molar-refractivity contribution in [2.75, 3.05) is 26.1 Å². The van der Waals surface area contributed by atoms with Crippen LogP contribution in [0.15, 0.2) is 48.5 Å². The number of rotatable bonds is 7. The molecule has 1 aromatic heterocycles. The molecule has 0 bridgehead atoms. The second-order valence-corrected chi connectivity index (χ2v) is 5.79. The smallest absolute Gasteiger partial charge is 0.262 e. The molecule has 0 aliphatic carbocycles. The Morgan fingerprint density at radius 3 is 2.52 bits per heavy atom. The topological polar surface area (TPSA) is 85.5 Å². The quantitative estimate of drug-likeness (QED) is 0.668. The molecule has 0 unspecified atom stereocenters. The lowest BCUT2D eigenvalue weighted by Gasteiger charge is -2.11. The summed E-state index contributed by atoms with van der Waals surface area (Å²) in [6.45, 7) is 1.74. The highest BCUT2D eigenvalue weighted by molar-refractivity contribution is 5.96. The second-order valence-electron chi connectivity index (χ2n) is 5.79. The Morgan fingerprint density at radius 1 is 1.07 bits per heavy atom. The average molecular weight is 367 g/mol. The summed E-state index contributed by atoms with van der Waals surface area (Å²) in [6.07, 6.45) is 0. The molecule has 2 N–H and O–H groups in total. The van der Waals surface area contributed by atoms with Crippen LogP contribution in [0.25, 0.3) is 11.3 Å². The first kappa shape index (κ1) is 18.3. The van der Waals surface area contributed by atoms with Gasteiger partial charge >= 0.3 is 0 Å². The second kappa shape index (κ2) is 8.27. The number of methoxy groups -OCH3 is 2. The van der Waals surface area contributed by atoms with Crippen molar-refractivity contribution in [1.29, 1.82) is 0 Å². The minimum absolute atomic E-state index is 0.0972. The molecule has 0 spiro atoms. The Bertz CT molecular complexity index is 922. The molecule has 27 heavy (non-hydrogen) atoms. The fourth-order valence-electron chi connectivity index (χ4n) is 2.62. The highest BCUT2D eigenvalue weighted by Crippen LogP contribution is 2.35. The number of benzene rings is 2. The van der Waals surface area contributed by atoms with Crippen LogP contribution in [0.5, 0.6) is 17.2 Å². The molecule has 3 rings (SSSR count). The summed E-state index contributed by atoms with van der Waals surface area (Å²) < 4.78 is 16.1. The fourth-order valence-corrected chi connectivity index (χ4v) is 2.62. The molecule has 2 aromatic carbocycles. The van der Waals surface area contributed by atoms with Crippen LogP contribution < -0.4 is 19.5 Å². The third-order valence-electron chi connectivity index (χ3n) is 3.98. The van der Waals surface area contributed by atoms with Crippen molar-refractivity contribution in [3.05, 3.63) is 54.2 Å². The SMILES string of the molecule is COc1ccc(-c2n[nH]c(C)c2NC(=O)COc2ccccc2)cc1OC. The van der Waals surface area contributed by atoms with Crippen LogP contribution >= 0.6 is 0 Å². The molecule has 0 radical (unpaired) electrons. The summed E-state index contributed by atoms with van der Waals surface area (Å²) in [7, 11) is 3.15. The lowest BCUT2D eigenvalue weighted by Crippen LogP contribution is -2.20. The number of anilines is 1. The summed E-state index contributed by atoms with van der Waals surface area (Å²) in [5.74, 6) is 1.57. The number of amides is 1. The van der Waals surface area contributed by atoms with Gasteiger partial charge < -0.3 is 19.5 Å². The van der Waals surface area contributed by atoms with Crippen molar-refractivity contribution in [1.82, 2.24) is 10.2 Å². The van der Waals surface area contributed by atoms with E-state index in [4.69, 9.17) is 14.2 Å². The van der Waals surface area contributed by atoms with Crippen molar-refractivity contribution in [2.24, 2.45) is 0 Å².